The fraction of sp³-hybridized carbons (Fsp3) is 0.263. The number of fused-ring (bicyclic) bond motifs is 1. The minimum absolute atomic E-state index is 0.144. The third-order valence-electron chi connectivity index (χ3n) is 4.00. The molecule has 1 aromatic heterocycles. The summed E-state index contributed by atoms with van der Waals surface area (Å²) in [6, 6.07) is 12.8. The molecule has 2 aromatic carbocycles. The van der Waals surface area contributed by atoms with Crippen LogP contribution >= 0.6 is 11.8 Å². The zero-order valence-electron chi connectivity index (χ0n) is 15.7. The number of anilines is 1. The van der Waals surface area contributed by atoms with E-state index in [2.05, 4.69) is 20.8 Å². The lowest BCUT2D eigenvalue weighted by molar-refractivity contribution is -0.113. The molecule has 150 valence electrons. The Bertz CT molecular complexity index is 1010. The Morgan fingerprint density at radius 2 is 2.03 bits per heavy atom. The van der Waals surface area contributed by atoms with E-state index in [9.17, 15) is 4.79 Å². The number of para-hydroxylation sites is 2. The molecule has 10 heteroatoms. The molecule has 0 fully saturated rings. The van der Waals surface area contributed by atoms with Gasteiger partial charge in [-0.2, -0.15) is 4.68 Å². The van der Waals surface area contributed by atoms with E-state index in [0.717, 1.165) is 5.69 Å². The number of tetrazole rings is 1. The van der Waals surface area contributed by atoms with E-state index < -0.39 is 0 Å². The molecular weight excluding hydrogens is 394 g/mol. The standard InChI is InChI=1S/C19H19N5O4S/c1-2-26-15-6-4-3-5-14(15)20-18(25)12-29-19-21-22-23-24(19)13-7-8-16-17(11-13)28-10-9-27-16/h3-8,11H,2,9-10,12H2,1H3,(H,20,25). The van der Waals surface area contributed by atoms with Gasteiger partial charge in [0.05, 0.1) is 23.7 Å². The predicted octanol–water partition coefficient (Wildman–Crippen LogP) is 2.56. The molecule has 0 radical (unpaired) electrons. The average molecular weight is 413 g/mol. The van der Waals surface area contributed by atoms with E-state index in [4.69, 9.17) is 14.2 Å². The molecule has 1 aliphatic rings. The molecule has 9 nitrogen and oxygen atoms in total. The number of hydrogen-bond acceptors (Lipinski definition) is 8. The van der Waals surface area contributed by atoms with E-state index >= 15 is 0 Å². The van der Waals surface area contributed by atoms with Gasteiger partial charge in [-0.05, 0) is 41.6 Å². The minimum atomic E-state index is -0.182. The number of nitrogens with zero attached hydrogens (tertiary/aromatic N) is 4. The number of carbonyl (C=O) groups excluding carboxylic acids is 1. The summed E-state index contributed by atoms with van der Waals surface area (Å²) in [5.74, 6) is 1.93. The van der Waals surface area contributed by atoms with E-state index in [-0.39, 0.29) is 11.7 Å². The molecule has 0 aliphatic carbocycles. The van der Waals surface area contributed by atoms with Gasteiger partial charge in [0.1, 0.15) is 19.0 Å². The lowest BCUT2D eigenvalue weighted by Crippen LogP contribution is -2.16. The molecule has 4 rings (SSSR count). The first-order valence-electron chi connectivity index (χ1n) is 9.07. The molecule has 2 heterocycles. The van der Waals surface area contributed by atoms with Crippen LogP contribution in [-0.4, -0.2) is 51.7 Å². The van der Waals surface area contributed by atoms with Gasteiger partial charge in [0, 0.05) is 6.07 Å². The lowest BCUT2D eigenvalue weighted by Gasteiger charge is -2.18. The Labute approximate surface area is 171 Å². The maximum Gasteiger partial charge on any atom is 0.234 e. The highest BCUT2D eigenvalue weighted by molar-refractivity contribution is 7.99. The molecular formula is C19H19N5O4S. The van der Waals surface area contributed by atoms with Gasteiger partial charge in [0.25, 0.3) is 0 Å². The Morgan fingerprint density at radius 3 is 2.90 bits per heavy atom. The van der Waals surface area contributed by atoms with E-state index in [1.807, 2.05) is 43.3 Å². The summed E-state index contributed by atoms with van der Waals surface area (Å²) in [6.45, 7) is 3.44. The molecule has 0 bridgehead atoms. The summed E-state index contributed by atoms with van der Waals surface area (Å²) < 4.78 is 18.2. The Balaban J connectivity index is 1.43. The summed E-state index contributed by atoms with van der Waals surface area (Å²) in [4.78, 5) is 12.4. The maximum atomic E-state index is 12.4. The zero-order chi connectivity index (χ0) is 20.1. The first kappa shape index (κ1) is 19.1. The molecule has 1 amide bonds. The van der Waals surface area contributed by atoms with Gasteiger partial charge >= 0.3 is 0 Å². The third-order valence-corrected chi connectivity index (χ3v) is 4.92. The van der Waals surface area contributed by atoms with Crippen LogP contribution in [0.2, 0.25) is 0 Å². The van der Waals surface area contributed by atoms with Crippen molar-refractivity contribution in [2.24, 2.45) is 0 Å². The molecule has 0 saturated heterocycles. The summed E-state index contributed by atoms with van der Waals surface area (Å²) in [5.41, 5.74) is 1.36. The van der Waals surface area contributed by atoms with Crippen molar-refractivity contribution in [1.29, 1.82) is 0 Å². The fourth-order valence-electron chi connectivity index (χ4n) is 2.76. The van der Waals surface area contributed by atoms with Gasteiger partial charge < -0.3 is 19.5 Å². The third kappa shape index (κ3) is 4.43. The van der Waals surface area contributed by atoms with Crippen molar-refractivity contribution in [1.82, 2.24) is 20.2 Å². The maximum absolute atomic E-state index is 12.4. The van der Waals surface area contributed by atoms with Crippen LogP contribution < -0.4 is 19.5 Å². The van der Waals surface area contributed by atoms with Crippen LogP contribution in [0.5, 0.6) is 17.2 Å². The number of hydrogen-bond donors (Lipinski definition) is 1. The molecule has 3 aromatic rings. The van der Waals surface area contributed by atoms with E-state index in [1.165, 1.54) is 11.8 Å². The monoisotopic (exact) mass is 413 g/mol. The normalized spacial score (nSPS) is 12.4. The van der Waals surface area contributed by atoms with Crippen molar-refractivity contribution in [3.63, 3.8) is 0 Å². The number of benzene rings is 2. The topological polar surface area (TPSA) is 100 Å². The Kier molecular flexibility index (Phi) is 5.80. The molecule has 0 spiro atoms. The molecule has 0 atom stereocenters. The van der Waals surface area contributed by atoms with Crippen molar-refractivity contribution in [2.45, 2.75) is 12.1 Å². The van der Waals surface area contributed by atoms with Crippen LogP contribution in [0, 0.1) is 0 Å². The second-order valence-electron chi connectivity index (χ2n) is 5.97. The first-order chi connectivity index (χ1) is 14.2. The van der Waals surface area contributed by atoms with Crippen molar-refractivity contribution >= 4 is 23.4 Å². The van der Waals surface area contributed by atoms with Crippen LogP contribution in [0.3, 0.4) is 0 Å². The van der Waals surface area contributed by atoms with Gasteiger partial charge in [0.2, 0.25) is 11.1 Å². The summed E-state index contributed by atoms with van der Waals surface area (Å²) in [5, 5.41) is 15.1. The zero-order valence-corrected chi connectivity index (χ0v) is 16.5. The number of nitrogens with one attached hydrogen (secondary N) is 1. The summed E-state index contributed by atoms with van der Waals surface area (Å²) in [7, 11) is 0. The average Bonchev–Trinajstić information content (AvgIpc) is 3.22. The van der Waals surface area contributed by atoms with Gasteiger partial charge in [-0.15, -0.1) is 5.10 Å². The van der Waals surface area contributed by atoms with Crippen LogP contribution in [-0.2, 0) is 4.79 Å². The van der Waals surface area contributed by atoms with Crippen LogP contribution in [0.4, 0.5) is 5.69 Å². The minimum Gasteiger partial charge on any atom is -0.492 e. The molecule has 0 unspecified atom stereocenters. The SMILES string of the molecule is CCOc1ccccc1NC(=O)CSc1nnnn1-c1ccc2c(c1)OCCO2. The van der Waals surface area contributed by atoms with Gasteiger partial charge in [-0.25, -0.2) is 0 Å². The number of ether oxygens (including phenoxy) is 3. The Morgan fingerprint density at radius 1 is 1.21 bits per heavy atom. The van der Waals surface area contributed by atoms with Gasteiger partial charge in [0.15, 0.2) is 11.5 Å². The van der Waals surface area contributed by atoms with Crippen LogP contribution in [0.25, 0.3) is 5.69 Å². The second-order valence-corrected chi connectivity index (χ2v) is 6.91. The quantitative estimate of drug-likeness (QED) is 0.590. The van der Waals surface area contributed by atoms with Gasteiger partial charge in [-0.3, -0.25) is 4.79 Å². The molecule has 1 N–H and O–H groups in total. The number of thioether (sulfide) groups is 1. The first-order valence-corrected chi connectivity index (χ1v) is 10.1. The molecule has 0 saturated carbocycles. The predicted molar refractivity (Wildman–Crippen MR) is 107 cm³/mol. The summed E-state index contributed by atoms with van der Waals surface area (Å²) in [6.07, 6.45) is 0. The second kappa shape index (κ2) is 8.82. The van der Waals surface area contributed by atoms with Gasteiger partial charge in [-0.1, -0.05) is 23.9 Å². The number of rotatable bonds is 7. The van der Waals surface area contributed by atoms with Crippen molar-refractivity contribution in [3.05, 3.63) is 42.5 Å². The lowest BCUT2D eigenvalue weighted by atomic mass is 10.2. The van der Waals surface area contributed by atoms with Crippen molar-refractivity contribution < 1.29 is 19.0 Å². The highest BCUT2D eigenvalue weighted by Gasteiger charge is 2.16. The highest BCUT2D eigenvalue weighted by atomic mass is 32.2. The van der Waals surface area contributed by atoms with E-state index in [0.29, 0.717) is 47.9 Å². The number of aromatic nitrogens is 4. The van der Waals surface area contributed by atoms with Crippen LogP contribution in [0.15, 0.2) is 47.6 Å². The highest BCUT2D eigenvalue weighted by Crippen LogP contribution is 2.32. The fourth-order valence-corrected chi connectivity index (χ4v) is 3.45. The van der Waals surface area contributed by atoms with E-state index in [1.54, 1.807) is 10.7 Å². The van der Waals surface area contributed by atoms with Crippen molar-refractivity contribution in [3.8, 4) is 22.9 Å². The smallest absolute Gasteiger partial charge is 0.234 e. The summed E-state index contributed by atoms with van der Waals surface area (Å²) >= 11 is 1.23. The van der Waals surface area contributed by atoms with Crippen LogP contribution in [0.1, 0.15) is 6.92 Å². The Hall–Kier alpha value is -3.27. The molecule has 1 aliphatic heterocycles. The number of amides is 1. The molecule has 29 heavy (non-hydrogen) atoms. The number of carbonyl (C=O) groups is 1. The van der Waals surface area contributed by atoms with Crippen molar-refractivity contribution in [2.75, 3.05) is 30.9 Å². The largest absolute Gasteiger partial charge is 0.492 e.